The van der Waals surface area contributed by atoms with Crippen molar-refractivity contribution >= 4 is 45.6 Å². The number of thioether (sulfide) groups is 1. The van der Waals surface area contributed by atoms with Gasteiger partial charge in [-0.15, -0.1) is 11.7 Å². The number of carbonyl (C=O) groups is 1. The number of aromatic nitrogens is 3. The van der Waals surface area contributed by atoms with Gasteiger partial charge in [0.15, 0.2) is 5.78 Å². The molecule has 0 atom stereocenters. The van der Waals surface area contributed by atoms with E-state index in [9.17, 15) is 9.90 Å². The highest BCUT2D eigenvalue weighted by Crippen LogP contribution is 2.22. The molecule has 148 valence electrons. The Bertz CT molecular complexity index is 1030. The largest absolute Gasteiger partial charge is 0.507 e. The van der Waals surface area contributed by atoms with Gasteiger partial charge in [0.05, 0.1) is 12.0 Å². The highest BCUT2D eigenvalue weighted by Gasteiger charge is 2.10. The number of phenolic OH excluding ortho intramolecular Hbond substituents is 1. The minimum Gasteiger partial charge on any atom is -0.507 e. The summed E-state index contributed by atoms with van der Waals surface area (Å²) < 4.78 is 0.924. The smallest absolute Gasteiger partial charge is 0.240 e. The van der Waals surface area contributed by atoms with Gasteiger partial charge in [-0.1, -0.05) is 58.0 Å². The third kappa shape index (κ3) is 5.78. The second-order valence-electron chi connectivity index (χ2n) is 5.90. The molecule has 0 fully saturated rings. The number of halogens is 1. The highest BCUT2D eigenvalue weighted by atomic mass is 79.9. The van der Waals surface area contributed by atoms with Crippen LogP contribution in [-0.2, 0) is 6.42 Å². The molecular weight excluding hydrogens is 454 g/mol. The van der Waals surface area contributed by atoms with Crippen molar-refractivity contribution in [2.45, 2.75) is 11.6 Å². The molecule has 0 aliphatic carbocycles. The second-order valence-corrected chi connectivity index (χ2v) is 7.76. The molecule has 1 aromatic heterocycles. The molecule has 0 saturated heterocycles. The van der Waals surface area contributed by atoms with Crippen LogP contribution < -0.4 is 5.43 Å². The molecule has 0 spiro atoms. The second kappa shape index (κ2) is 10.0. The standard InChI is InChI=1S/C20H18BrN5O2S/c1-2-4-14-5-3-6-15(18(14)28)11-22-24-19-23-20(26-25-19)29-12-17(27)13-7-9-16(21)10-8-13/h2-3,5-11,28H,1,4,12H2,(H2,23,24,25,26)/b22-11+. The zero-order chi connectivity index (χ0) is 20.6. The predicted octanol–water partition coefficient (Wildman–Crippen LogP) is 4.42. The number of H-pyrrole nitrogens is 1. The minimum absolute atomic E-state index is 0.00490. The zero-order valence-corrected chi connectivity index (χ0v) is 17.7. The molecule has 9 heteroatoms. The molecule has 0 radical (unpaired) electrons. The SMILES string of the molecule is C=CCc1cccc(/C=N/Nc2nc(SCC(=O)c3ccc(Br)cc3)n[nH]2)c1O. The van der Waals surface area contributed by atoms with E-state index in [0.717, 1.165) is 10.0 Å². The number of hydrogen-bond donors (Lipinski definition) is 3. The van der Waals surface area contributed by atoms with Gasteiger partial charge in [0.2, 0.25) is 11.1 Å². The molecule has 2 aromatic carbocycles. The Morgan fingerprint density at radius 3 is 2.86 bits per heavy atom. The number of ketones is 1. The molecular formula is C20H18BrN5O2S. The average Bonchev–Trinajstić information content (AvgIpc) is 3.17. The molecule has 0 bridgehead atoms. The van der Waals surface area contributed by atoms with Crippen LogP contribution in [0.1, 0.15) is 21.5 Å². The van der Waals surface area contributed by atoms with E-state index in [1.807, 2.05) is 24.3 Å². The summed E-state index contributed by atoms with van der Waals surface area (Å²) in [6.07, 6.45) is 3.79. The molecule has 0 unspecified atom stereocenters. The van der Waals surface area contributed by atoms with Gasteiger partial charge >= 0.3 is 0 Å². The van der Waals surface area contributed by atoms with Crippen LogP contribution in [0.15, 0.2) is 69.9 Å². The van der Waals surface area contributed by atoms with E-state index in [-0.39, 0.29) is 17.3 Å². The summed E-state index contributed by atoms with van der Waals surface area (Å²) in [5, 5.41) is 21.5. The third-order valence-corrected chi connectivity index (χ3v) is 5.23. The zero-order valence-electron chi connectivity index (χ0n) is 15.3. The van der Waals surface area contributed by atoms with Crippen LogP contribution in [0.3, 0.4) is 0 Å². The molecule has 29 heavy (non-hydrogen) atoms. The first-order chi connectivity index (χ1) is 14.1. The lowest BCUT2D eigenvalue weighted by Gasteiger charge is -2.04. The fourth-order valence-electron chi connectivity index (χ4n) is 2.41. The first-order valence-corrected chi connectivity index (χ1v) is 10.4. The van der Waals surface area contributed by atoms with Crippen LogP contribution >= 0.6 is 27.7 Å². The van der Waals surface area contributed by atoms with Crippen molar-refractivity contribution in [2.75, 3.05) is 11.2 Å². The Kier molecular flexibility index (Phi) is 7.20. The van der Waals surface area contributed by atoms with E-state index in [1.165, 1.54) is 18.0 Å². The van der Waals surface area contributed by atoms with Gasteiger partial charge in [-0.05, 0) is 30.2 Å². The number of phenols is 1. The lowest BCUT2D eigenvalue weighted by molar-refractivity contribution is 0.102. The lowest BCUT2D eigenvalue weighted by atomic mass is 10.1. The summed E-state index contributed by atoms with van der Waals surface area (Å²) in [7, 11) is 0. The Labute approximate surface area is 180 Å². The van der Waals surface area contributed by atoms with E-state index in [0.29, 0.717) is 28.7 Å². The van der Waals surface area contributed by atoms with Crippen molar-refractivity contribution in [3.8, 4) is 5.75 Å². The van der Waals surface area contributed by atoms with E-state index < -0.39 is 0 Å². The van der Waals surface area contributed by atoms with E-state index in [4.69, 9.17) is 0 Å². The van der Waals surface area contributed by atoms with Gasteiger partial charge in [0, 0.05) is 15.6 Å². The number of allylic oxidation sites excluding steroid dienone is 1. The van der Waals surface area contributed by atoms with E-state index in [2.05, 4.69) is 48.2 Å². The maximum Gasteiger partial charge on any atom is 0.240 e. The Balaban J connectivity index is 1.54. The van der Waals surface area contributed by atoms with Gasteiger partial charge in [-0.25, -0.2) is 10.5 Å². The van der Waals surface area contributed by atoms with Crippen LogP contribution in [0.2, 0.25) is 0 Å². The quantitative estimate of drug-likeness (QED) is 0.140. The molecule has 0 saturated carbocycles. The maximum atomic E-state index is 12.2. The Hall–Kier alpha value is -2.91. The molecule has 3 N–H and O–H groups in total. The number of para-hydroxylation sites is 1. The fraction of sp³-hybridized carbons (Fsp3) is 0.100. The summed E-state index contributed by atoms with van der Waals surface area (Å²) >= 11 is 4.58. The Morgan fingerprint density at radius 2 is 2.10 bits per heavy atom. The number of hydrazone groups is 1. The molecule has 0 aliphatic heterocycles. The molecule has 1 heterocycles. The van der Waals surface area contributed by atoms with Crippen molar-refractivity contribution in [3.05, 3.63) is 76.3 Å². The van der Waals surface area contributed by atoms with Crippen LogP contribution in [0.25, 0.3) is 0 Å². The van der Waals surface area contributed by atoms with Crippen LogP contribution in [0, 0.1) is 0 Å². The molecule has 3 rings (SSSR count). The van der Waals surface area contributed by atoms with Crippen LogP contribution in [-0.4, -0.2) is 38.0 Å². The van der Waals surface area contributed by atoms with Gasteiger partial charge in [-0.2, -0.15) is 10.1 Å². The van der Waals surface area contributed by atoms with Crippen LogP contribution in [0.4, 0.5) is 5.95 Å². The van der Waals surface area contributed by atoms with Gasteiger partial charge < -0.3 is 5.11 Å². The van der Waals surface area contributed by atoms with Crippen molar-refractivity contribution in [3.63, 3.8) is 0 Å². The average molecular weight is 472 g/mol. The number of anilines is 1. The van der Waals surface area contributed by atoms with Gasteiger partial charge in [0.1, 0.15) is 5.75 Å². The van der Waals surface area contributed by atoms with Crippen molar-refractivity contribution in [1.82, 2.24) is 15.2 Å². The molecule has 7 nitrogen and oxygen atoms in total. The van der Waals surface area contributed by atoms with Crippen molar-refractivity contribution in [2.24, 2.45) is 5.10 Å². The number of hydrogen-bond acceptors (Lipinski definition) is 7. The molecule has 0 aliphatic rings. The number of aromatic amines is 1. The highest BCUT2D eigenvalue weighted by molar-refractivity contribution is 9.10. The number of nitrogens with one attached hydrogen (secondary N) is 2. The molecule has 3 aromatic rings. The summed E-state index contributed by atoms with van der Waals surface area (Å²) in [4.78, 5) is 16.4. The number of carbonyl (C=O) groups excluding carboxylic acids is 1. The normalized spacial score (nSPS) is 10.9. The summed E-state index contributed by atoms with van der Waals surface area (Å²) in [5.74, 6) is 0.723. The monoisotopic (exact) mass is 471 g/mol. The van der Waals surface area contributed by atoms with Crippen molar-refractivity contribution < 1.29 is 9.90 Å². The summed E-state index contributed by atoms with van der Waals surface area (Å²) in [5.41, 5.74) is 4.71. The number of Topliss-reactive ketones (excluding diaryl/α,β-unsaturated/α-hetero) is 1. The Morgan fingerprint density at radius 1 is 1.31 bits per heavy atom. The van der Waals surface area contributed by atoms with Crippen molar-refractivity contribution in [1.29, 1.82) is 0 Å². The fourth-order valence-corrected chi connectivity index (χ4v) is 3.37. The minimum atomic E-state index is -0.00490. The summed E-state index contributed by atoms with van der Waals surface area (Å²) in [6, 6.07) is 12.6. The molecule has 0 amide bonds. The number of nitrogens with zero attached hydrogens (tertiary/aromatic N) is 3. The number of aromatic hydroxyl groups is 1. The maximum absolute atomic E-state index is 12.2. The first kappa shape index (κ1) is 20.8. The predicted molar refractivity (Wildman–Crippen MR) is 119 cm³/mol. The van der Waals surface area contributed by atoms with Gasteiger partial charge in [-0.3, -0.25) is 4.79 Å². The topological polar surface area (TPSA) is 103 Å². The van der Waals surface area contributed by atoms with E-state index >= 15 is 0 Å². The third-order valence-electron chi connectivity index (χ3n) is 3.85. The van der Waals surface area contributed by atoms with Crippen LogP contribution in [0.5, 0.6) is 5.75 Å². The van der Waals surface area contributed by atoms with Gasteiger partial charge in [0.25, 0.3) is 0 Å². The summed E-state index contributed by atoms with van der Waals surface area (Å²) in [6.45, 7) is 3.68. The number of rotatable bonds is 9. The number of benzene rings is 2. The lowest BCUT2D eigenvalue weighted by Crippen LogP contribution is -2.02. The van der Waals surface area contributed by atoms with E-state index in [1.54, 1.807) is 24.3 Å². The first-order valence-electron chi connectivity index (χ1n) is 8.61.